The molecule has 2 N–H and O–H groups in total. The molecule has 2 heterocycles. The van der Waals surface area contributed by atoms with Gasteiger partial charge in [0.25, 0.3) is 0 Å². The average molecular weight is 577 g/mol. The van der Waals surface area contributed by atoms with Crippen molar-refractivity contribution in [3.05, 3.63) is 132 Å². The topological polar surface area (TPSA) is 88.9 Å². The van der Waals surface area contributed by atoms with Crippen LogP contribution in [0.4, 0.5) is 9.18 Å². The van der Waals surface area contributed by atoms with Crippen LogP contribution in [0.1, 0.15) is 22.8 Å². The number of amides is 1. The Morgan fingerprint density at radius 1 is 0.907 bits per heavy atom. The summed E-state index contributed by atoms with van der Waals surface area (Å²) in [5.74, 6) is 0.0849. The molecule has 216 valence electrons. The number of nitrogens with one attached hydrogen (secondary N) is 1. The van der Waals surface area contributed by atoms with Crippen LogP contribution in [0.3, 0.4) is 0 Å². The zero-order chi connectivity index (χ0) is 29.9. The summed E-state index contributed by atoms with van der Waals surface area (Å²) in [6.45, 7) is 0.230. The maximum Gasteiger partial charge on any atom is 0.427 e. The Bertz CT molecular complexity index is 1850. The fourth-order valence-corrected chi connectivity index (χ4v) is 5.11. The highest BCUT2D eigenvalue weighted by molar-refractivity contribution is 6.12. The van der Waals surface area contributed by atoms with E-state index < -0.39 is 12.2 Å². The maximum absolute atomic E-state index is 13.6. The number of hydrazine groups is 1. The molecule has 0 saturated heterocycles. The summed E-state index contributed by atoms with van der Waals surface area (Å²) in [6.07, 6.45) is 2.07. The van der Waals surface area contributed by atoms with Crippen LogP contribution in [0, 0.1) is 5.82 Å². The van der Waals surface area contributed by atoms with E-state index in [9.17, 15) is 14.3 Å². The second-order valence-corrected chi connectivity index (χ2v) is 10.3. The standard InChI is InChI=1S/C34H29FN4O4/c1-38(2)37-34(41)43-31-26-14-9-19-36-29(26)32(42-30(23-10-5-3-6-11-23)24-12-7-4-8-13-24)28-27(31)21-39(33(28)40)20-22-15-17-25(35)18-16-22/h3-19,21,30,40H,20H2,1-2H3,(H,37,41). The summed E-state index contributed by atoms with van der Waals surface area (Å²) in [5.41, 5.74) is 5.58. The molecule has 8 nitrogen and oxygen atoms in total. The summed E-state index contributed by atoms with van der Waals surface area (Å²) in [4.78, 5) is 17.5. The Kier molecular flexibility index (Phi) is 7.63. The van der Waals surface area contributed by atoms with Crippen molar-refractivity contribution < 1.29 is 23.8 Å². The Hall–Kier alpha value is -5.41. The minimum atomic E-state index is -0.706. The minimum absolute atomic E-state index is 0.111. The van der Waals surface area contributed by atoms with Crippen LogP contribution in [-0.2, 0) is 6.54 Å². The van der Waals surface area contributed by atoms with Crippen molar-refractivity contribution in [2.75, 3.05) is 14.1 Å². The molecule has 0 bridgehead atoms. The molecule has 1 amide bonds. The Balaban J connectivity index is 1.59. The van der Waals surface area contributed by atoms with Crippen LogP contribution in [0.2, 0.25) is 0 Å². The molecule has 0 unspecified atom stereocenters. The number of carbonyl (C=O) groups excluding carboxylic acids is 1. The largest absolute Gasteiger partial charge is 0.494 e. The number of benzene rings is 4. The van der Waals surface area contributed by atoms with Crippen LogP contribution in [0.25, 0.3) is 21.7 Å². The van der Waals surface area contributed by atoms with Gasteiger partial charge in [-0.05, 0) is 41.0 Å². The quantitative estimate of drug-likeness (QED) is 0.194. The van der Waals surface area contributed by atoms with Crippen molar-refractivity contribution in [3.8, 4) is 17.4 Å². The number of ether oxygens (including phenoxy) is 2. The number of hydrogen-bond donors (Lipinski definition) is 2. The van der Waals surface area contributed by atoms with Crippen molar-refractivity contribution in [1.29, 1.82) is 0 Å². The van der Waals surface area contributed by atoms with Crippen molar-refractivity contribution in [2.24, 2.45) is 0 Å². The Labute approximate surface area is 247 Å². The van der Waals surface area contributed by atoms with E-state index in [2.05, 4.69) is 10.4 Å². The van der Waals surface area contributed by atoms with Gasteiger partial charge in [0.2, 0.25) is 5.88 Å². The fraction of sp³-hybridized carbons (Fsp3) is 0.118. The highest BCUT2D eigenvalue weighted by Gasteiger charge is 2.28. The summed E-state index contributed by atoms with van der Waals surface area (Å²) in [6, 6.07) is 29.1. The lowest BCUT2D eigenvalue weighted by atomic mass is 10.0. The Morgan fingerprint density at radius 2 is 1.56 bits per heavy atom. The summed E-state index contributed by atoms with van der Waals surface area (Å²) in [5, 5.41) is 14.5. The van der Waals surface area contributed by atoms with Gasteiger partial charge in [0, 0.05) is 31.9 Å². The summed E-state index contributed by atoms with van der Waals surface area (Å²) >= 11 is 0. The lowest BCUT2D eigenvalue weighted by Gasteiger charge is -2.22. The zero-order valence-electron chi connectivity index (χ0n) is 23.6. The van der Waals surface area contributed by atoms with Gasteiger partial charge in [-0.2, -0.15) is 0 Å². The number of aromatic nitrogens is 2. The number of fused-ring (bicyclic) bond motifs is 2. The third kappa shape index (κ3) is 5.71. The fourth-order valence-electron chi connectivity index (χ4n) is 5.11. The number of nitrogens with zero attached hydrogens (tertiary/aromatic N) is 3. The minimum Gasteiger partial charge on any atom is -0.494 e. The van der Waals surface area contributed by atoms with Crippen LogP contribution >= 0.6 is 0 Å². The third-order valence-corrected chi connectivity index (χ3v) is 7.01. The smallest absolute Gasteiger partial charge is 0.427 e. The molecule has 0 aliphatic rings. The second kappa shape index (κ2) is 11.8. The maximum atomic E-state index is 13.6. The molecule has 0 atom stereocenters. The molecule has 9 heteroatoms. The normalized spacial score (nSPS) is 11.4. The molecule has 43 heavy (non-hydrogen) atoms. The molecule has 0 aliphatic heterocycles. The molecule has 0 spiro atoms. The monoisotopic (exact) mass is 576 g/mol. The van der Waals surface area contributed by atoms with Crippen LogP contribution in [0.15, 0.2) is 109 Å². The molecule has 0 radical (unpaired) electrons. The van der Waals surface area contributed by atoms with Gasteiger partial charge >= 0.3 is 6.09 Å². The van der Waals surface area contributed by atoms with Gasteiger partial charge in [-0.15, -0.1) is 0 Å². The first-order chi connectivity index (χ1) is 20.9. The van der Waals surface area contributed by atoms with Gasteiger partial charge in [0.15, 0.2) is 11.5 Å². The molecular weight excluding hydrogens is 547 g/mol. The van der Waals surface area contributed by atoms with Gasteiger partial charge in [-0.1, -0.05) is 72.8 Å². The Morgan fingerprint density at radius 3 is 2.19 bits per heavy atom. The number of carbonyl (C=O) groups is 1. The first-order valence-corrected chi connectivity index (χ1v) is 13.7. The predicted molar refractivity (Wildman–Crippen MR) is 163 cm³/mol. The number of pyridine rings is 1. The van der Waals surface area contributed by atoms with Gasteiger partial charge in [0.1, 0.15) is 17.4 Å². The van der Waals surface area contributed by atoms with Crippen molar-refractivity contribution in [2.45, 2.75) is 12.6 Å². The molecule has 0 fully saturated rings. The third-order valence-electron chi connectivity index (χ3n) is 7.01. The molecule has 0 saturated carbocycles. The molecule has 4 aromatic carbocycles. The number of halogens is 1. The highest BCUT2D eigenvalue weighted by atomic mass is 19.1. The van der Waals surface area contributed by atoms with Crippen LogP contribution in [-0.4, -0.2) is 39.9 Å². The van der Waals surface area contributed by atoms with E-state index in [0.717, 1.165) is 16.7 Å². The summed E-state index contributed by atoms with van der Waals surface area (Å²) in [7, 11) is 3.34. The molecule has 2 aromatic heterocycles. The first kappa shape index (κ1) is 27.7. The molecule has 6 rings (SSSR count). The average Bonchev–Trinajstić information content (AvgIpc) is 3.33. The van der Waals surface area contributed by atoms with E-state index in [-0.39, 0.29) is 24.0 Å². The van der Waals surface area contributed by atoms with Crippen molar-refractivity contribution in [3.63, 3.8) is 0 Å². The second-order valence-electron chi connectivity index (χ2n) is 10.3. The lowest BCUT2D eigenvalue weighted by Crippen LogP contribution is -2.38. The van der Waals surface area contributed by atoms with E-state index >= 15 is 0 Å². The van der Waals surface area contributed by atoms with E-state index in [1.165, 1.54) is 17.1 Å². The van der Waals surface area contributed by atoms with Crippen molar-refractivity contribution >= 4 is 27.8 Å². The van der Waals surface area contributed by atoms with E-state index in [1.54, 1.807) is 55.3 Å². The molecular formula is C34H29FN4O4. The number of rotatable bonds is 8. The zero-order valence-corrected chi connectivity index (χ0v) is 23.6. The summed E-state index contributed by atoms with van der Waals surface area (Å²) < 4.78 is 27.9. The van der Waals surface area contributed by atoms with Gasteiger partial charge < -0.3 is 19.1 Å². The van der Waals surface area contributed by atoms with Crippen molar-refractivity contribution in [1.82, 2.24) is 20.0 Å². The number of aromatic hydroxyl groups is 1. The number of hydrogen-bond acceptors (Lipinski definition) is 6. The van der Waals surface area contributed by atoms with E-state index in [0.29, 0.717) is 27.4 Å². The first-order valence-electron chi connectivity index (χ1n) is 13.7. The van der Waals surface area contributed by atoms with Crippen LogP contribution in [0.5, 0.6) is 17.4 Å². The van der Waals surface area contributed by atoms with Crippen LogP contribution < -0.4 is 14.9 Å². The van der Waals surface area contributed by atoms with E-state index in [1.807, 2.05) is 60.7 Å². The van der Waals surface area contributed by atoms with Gasteiger partial charge in [-0.25, -0.2) is 14.2 Å². The SMILES string of the molecule is CN(C)NC(=O)Oc1c2cccnc2c(OC(c2ccccc2)c2ccccc2)c2c(O)n(Cc3ccc(F)cc3)cc12. The van der Waals surface area contributed by atoms with Gasteiger partial charge in [0.05, 0.1) is 17.3 Å². The predicted octanol–water partition coefficient (Wildman–Crippen LogP) is 6.82. The lowest BCUT2D eigenvalue weighted by molar-refractivity contribution is 0.172. The molecule has 0 aliphatic carbocycles. The highest BCUT2D eigenvalue weighted by Crippen LogP contribution is 2.48. The molecule has 6 aromatic rings. The van der Waals surface area contributed by atoms with E-state index in [4.69, 9.17) is 9.47 Å². The van der Waals surface area contributed by atoms with Gasteiger partial charge in [-0.3, -0.25) is 10.4 Å².